The Kier molecular flexibility index (Phi) is 3.71. The molecule has 2 aliphatic rings. The molecule has 2 aliphatic heterocycles. The van der Waals surface area contributed by atoms with Crippen LogP contribution in [0.1, 0.15) is 33.6 Å². The van der Waals surface area contributed by atoms with Crippen molar-refractivity contribution in [1.82, 2.24) is 10.2 Å². The number of hydrogen-bond acceptors (Lipinski definition) is 4. The number of amides is 2. The van der Waals surface area contributed by atoms with Gasteiger partial charge in [-0.2, -0.15) is 0 Å². The van der Waals surface area contributed by atoms with Gasteiger partial charge in [0.15, 0.2) is 0 Å². The van der Waals surface area contributed by atoms with Crippen LogP contribution < -0.4 is 5.32 Å². The Labute approximate surface area is 113 Å². The van der Waals surface area contributed by atoms with Crippen LogP contribution in [0.4, 0.5) is 4.79 Å². The second kappa shape index (κ2) is 5.00. The van der Waals surface area contributed by atoms with Gasteiger partial charge in [-0.15, -0.1) is 0 Å². The summed E-state index contributed by atoms with van der Waals surface area (Å²) in [6.45, 7) is 7.61. The number of carbonyl (C=O) groups excluding carboxylic acids is 2. The molecule has 0 aromatic heterocycles. The Morgan fingerprint density at radius 1 is 1.37 bits per heavy atom. The van der Waals surface area contributed by atoms with Crippen LogP contribution in [0.3, 0.4) is 0 Å². The normalized spacial score (nSPS) is 23.1. The molecule has 0 unspecified atom stereocenters. The van der Waals surface area contributed by atoms with Crippen molar-refractivity contribution < 1.29 is 19.1 Å². The van der Waals surface area contributed by atoms with Crippen molar-refractivity contribution in [3.8, 4) is 0 Å². The van der Waals surface area contributed by atoms with Crippen LogP contribution in [0, 0.1) is 0 Å². The lowest BCUT2D eigenvalue weighted by atomic mass is 9.89. The molecule has 2 saturated heterocycles. The molecule has 2 amide bonds. The zero-order chi connectivity index (χ0) is 14.1. The summed E-state index contributed by atoms with van der Waals surface area (Å²) in [4.78, 5) is 25.5. The van der Waals surface area contributed by atoms with Gasteiger partial charge in [-0.05, 0) is 20.8 Å². The minimum absolute atomic E-state index is 0.0532. The molecule has 6 nitrogen and oxygen atoms in total. The third-order valence-corrected chi connectivity index (χ3v) is 3.40. The predicted molar refractivity (Wildman–Crippen MR) is 68.7 cm³/mol. The average molecular weight is 270 g/mol. The van der Waals surface area contributed by atoms with Gasteiger partial charge in [-0.1, -0.05) is 0 Å². The molecule has 0 aliphatic carbocycles. The van der Waals surface area contributed by atoms with E-state index in [1.165, 1.54) is 0 Å². The molecule has 0 bridgehead atoms. The standard InChI is InChI=1S/C13H22N2O4/c1-12(2,3)19-11(17)15-7-4-13(5-8-15)10(16)14-6-9-18-13/h4-9H2,1-3H3,(H,14,16). The molecule has 2 fully saturated rings. The number of rotatable bonds is 0. The highest BCUT2D eigenvalue weighted by Crippen LogP contribution is 2.29. The van der Waals surface area contributed by atoms with Gasteiger partial charge in [0.05, 0.1) is 6.61 Å². The van der Waals surface area contributed by atoms with Gasteiger partial charge < -0.3 is 19.7 Å². The fourth-order valence-corrected chi connectivity index (χ4v) is 2.39. The maximum absolute atomic E-state index is 11.9. The largest absolute Gasteiger partial charge is 0.444 e. The summed E-state index contributed by atoms with van der Waals surface area (Å²) >= 11 is 0. The number of likely N-dealkylation sites (tertiary alicyclic amines) is 1. The summed E-state index contributed by atoms with van der Waals surface area (Å²) in [7, 11) is 0. The van der Waals surface area contributed by atoms with Gasteiger partial charge in [0.2, 0.25) is 0 Å². The smallest absolute Gasteiger partial charge is 0.410 e. The first-order chi connectivity index (χ1) is 8.82. The van der Waals surface area contributed by atoms with Crippen molar-refractivity contribution in [2.24, 2.45) is 0 Å². The molecule has 0 radical (unpaired) electrons. The average Bonchev–Trinajstić information content (AvgIpc) is 2.32. The highest BCUT2D eigenvalue weighted by atomic mass is 16.6. The number of nitrogens with one attached hydrogen (secondary N) is 1. The molecule has 0 atom stereocenters. The Morgan fingerprint density at radius 3 is 2.53 bits per heavy atom. The van der Waals surface area contributed by atoms with E-state index in [0.717, 1.165) is 0 Å². The van der Waals surface area contributed by atoms with Crippen LogP contribution in [0.2, 0.25) is 0 Å². The first-order valence-electron chi connectivity index (χ1n) is 6.73. The lowest BCUT2D eigenvalue weighted by molar-refractivity contribution is -0.161. The molecule has 1 N–H and O–H groups in total. The second-order valence-corrected chi connectivity index (χ2v) is 6.07. The number of ether oxygens (including phenoxy) is 2. The van der Waals surface area contributed by atoms with Crippen LogP contribution in [-0.2, 0) is 14.3 Å². The highest BCUT2D eigenvalue weighted by Gasteiger charge is 2.45. The van der Waals surface area contributed by atoms with E-state index >= 15 is 0 Å². The van der Waals surface area contributed by atoms with Gasteiger partial charge in [-0.25, -0.2) is 4.79 Å². The highest BCUT2D eigenvalue weighted by molar-refractivity contribution is 5.86. The number of nitrogens with zero attached hydrogens (tertiary/aromatic N) is 1. The Hall–Kier alpha value is -1.30. The van der Waals surface area contributed by atoms with Gasteiger partial charge in [-0.3, -0.25) is 4.79 Å². The van der Waals surface area contributed by atoms with E-state index in [2.05, 4.69) is 5.32 Å². The van der Waals surface area contributed by atoms with Gasteiger partial charge >= 0.3 is 6.09 Å². The molecule has 6 heteroatoms. The van der Waals surface area contributed by atoms with Crippen molar-refractivity contribution in [2.45, 2.75) is 44.8 Å². The monoisotopic (exact) mass is 270 g/mol. The van der Waals surface area contributed by atoms with Crippen molar-refractivity contribution in [1.29, 1.82) is 0 Å². The van der Waals surface area contributed by atoms with Gasteiger partial charge in [0.25, 0.3) is 5.91 Å². The van der Waals surface area contributed by atoms with Crippen molar-refractivity contribution >= 4 is 12.0 Å². The minimum Gasteiger partial charge on any atom is -0.444 e. The first kappa shape index (κ1) is 14.1. The van der Waals surface area contributed by atoms with E-state index in [0.29, 0.717) is 39.1 Å². The van der Waals surface area contributed by atoms with Crippen molar-refractivity contribution in [3.05, 3.63) is 0 Å². The molecule has 1 spiro atoms. The Bertz CT molecular complexity index is 367. The SMILES string of the molecule is CC(C)(C)OC(=O)N1CCC2(CC1)OCCNC2=O. The molecule has 0 aromatic rings. The topological polar surface area (TPSA) is 67.9 Å². The zero-order valence-corrected chi connectivity index (χ0v) is 11.8. The third-order valence-electron chi connectivity index (χ3n) is 3.40. The number of piperidine rings is 1. The summed E-state index contributed by atoms with van der Waals surface area (Å²) in [6, 6.07) is 0. The molecule has 0 saturated carbocycles. The molecular weight excluding hydrogens is 248 g/mol. The zero-order valence-electron chi connectivity index (χ0n) is 11.8. The van der Waals surface area contributed by atoms with E-state index in [1.807, 2.05) is 20.8 Å². The van der Waals surface area contributed by atoms with E-state index in [-0.39, 0.29) is 12.0 Å². The quantitative estimate of drug-likeness (QED) is 0.710. The molecule has 2 heterocycles. The second-order valence-electron chi connectivity index (χ2n) is 6.07. The Morgan fingerprint density at radius 2 is 2.00 bits per heavy atom. The van der Waals surface area contributed by atoms with E-state index < -0.39 is 11.2 Å². The Balaban J connectivity index is 1.92. The van der Waals surface area contributed by atoms with E-state index in [1.54, 1.807) is 4.90 Å². The number of morpholine rings is 1. The first-order valence-corrected chi connectivity index (χ1v) is 6.73. The molecule has 0 aromatic carbocycles. The summed E-state index contributed by atoms with van der Waals surface area (Å²) in [6.07, 6.45) is 0.731. The van der Waals surface area contributed by atoms with Crippen LogP contribution >= 0.6 is 0 Å². The summed E-state index contributed by atoms with van der Waals surface area (Å²) in [5.41, 5.74) is -1.23. The molecule has 19 heavy (non-hydrogen) atoms. The van der Waals surface area contributed by atoms with Crippen LogP contribution in [0.25, 0.3) is 0 Å². The van der Waals surface area contributed by atoms with Crippen LogP contribution in [0.15, 0.2) is 0 Å². The summed E-state index contributed by atoms with van der Waals surface area (Å²) in [5.74, 6) is -0.0532. The van der Waals surface area contributed by atoms with E-state index in [4.69, 9.17) is 9.47 Å². The lowest BCUT2D eigenvalue weighted by Gasteiger charge is -2.42. The fraction of sp³-hybridized carbons (Fsp3) is 0.846. The minimum atomic E-state index is -0.739. The summed E-state index contributed by atoms with van der Waals surface area (Å²) < 4.78 is 11.0. The molecule has 2 rings (SSSR count). The summed E-state index contributed by atoms with van der Waals surface area (Å²) in [5, 5.41) is 2.83. The van der Waals surface area contributed by atoms with Crippen molar-refractivity contribution in [2.75, 3.05) is 26.2 Å². The fourth-order valence-electron chi connectivity index (χ4n) is 2.39. The molecule has 108 valence electrons. The maximum Gasteiger partial charge on any atom is 0.410 e. The lowest BCUT2D eigenvalue weighted by Crippen LogP contribution is -2.60. The van der Waals surface area contributed by atoms with Crippen LogP contribution in [0.5, 0.6) is 0 Å². The van der Waals surface area contributed by atoms with Gasteiger partial charge in [0, 0.05) is 32.5 Å². The van der Waals surface area contributed by atoms with Gasteiger partial charge in [0.1, 0.15) is 11.2 Å². The van der Waals surface area contributed by atoms with Crippen molar-refractivity contribution in [3.63, 3.8) is 0 Å². The number of hydrogen-bond donors (Lipinski definition) is 1. The predicted octanol–water partition coefficient (Wildman–Crippen LogP) is 0.902. The van der Waals surface area contributed by atoms with Crippen LogP contribution in [-0.4, -0.2) is 54.3 Å². The maximum atomic E-state index is 11.9. The molecular formula is C13H22N2O4. The third kappa shape index (κ3) is 3.18. The number of carbonyl (C=O) groups is 2. The van der Waals surface area contributed by atoms with E-state index in [9.17, 15) is 9.59 Å².